The molecule has 4 nitrogen and oxygen atoms in total. The Balaban J connectivity index is 1.97. The fourth-order valence-electron chi connectivity index (χ4n) is 2.56. The molecule has 0 aromatic heterocycles. The number of hydrogen-bond donors (Lipinski definition) is 2. The molecule has 3 fully saturated rings. The van der Waals surface area contributed by atoms with Gasteiger partial charge in [0.15, 0.2) is 0 Å². The number of nitrogens with one attached hydrogen (secondary N) is 1. The Hall–Kier alpha value is -0.600. The minimum atomic E-state index is 0.306. The standard InChI is InChI=1S/C11H20N4/c1-2-3-4-10(13-12)11-9-14-5-7-15(11)8-6-14/h10-11,13H,4-9,12H2,1H3. The van der Waals surface area contributed by atoms with Crippen molar-refractivity contribution in [1.29, 1.82) is 0 Å². The maximum absolute atomic E-state index is 5.61. The number of nitrogens with two attached hydrogens (primary N) is 1. The van der Waals surface area contributed by atoms with Crippen LogP contribution in [0.4, 0.5) is 0 Å². The predicted molar refractivity (Wildman–Crippen MR) is 61.0 cm³/mol. The van der Waals surface area contributed by atoms with Crippen LogP contribution in [0.5, 0.6) is 0 Å². The average Bonchev–Trinajstić information content (AvgIpc) is 2.32. The zero-order valence-corrected chi connectivity index (χ0v) is 9.37. The van der Waals surface area contributed by atoms with Crippen molar-refractivity contribution in [2.45, 2.75) is 25.4 Å². The summed E-state index contributed by atoms with van der Waals surface area (Å²) in [6.07, 6.45) is 0.849. The summed E-state index contributed by atoms with van der Waals surface area (Å²) in [5, 5.41) is 0. The van der Waals surface area contributed by atoms with Crippen LogP contribution in [0.2, 0.25) is 0 Å². The lowest BCUT2D eigenvalue weighted by atomic mass is 9.98. The third-order valence-corrected chi connectivity index (χ3v) is 3.50. The number of hydrogen-bond acceptors (Lipinski definition) is 4. The van der Waals surface area contributed by atoms with E-state index in [0.717, 1.165) is 13.0 Å². The van der Waals surface area contributed by atoms with Crippen molar-refractivity contribution >= 4 is 0 Å². The molecule has 3 saturated heterocycles. The van der Waals surface area contributed by atoms with Gasteiger partial charge in [0.1, 0.15) is 0 Å². The van der Waals surface area contributed by atoms with Gasteiger partial charge in [0.2, 0.25) is 0 Å². The summed E-state index contributed by atoms with van der Waals surface area (Å²) >= 11 is 0. The highest BCUT2D eigenvalue weighted by Crippen LogP contribution is 2.19. The molecule has 2 unspecified atom stereocenters. The lowest BCUT2D eigenvalue weighted by Gasteiger charge is -2.49. The van der Waals surface area contributed by atoms with E-state index < -0.39 is 0 Å². The smallest absolute Gasteiger partial charge is 0.0487 e. The highest BCUT2D eigenvalue weighted by Gasteiger charge is 2.35. The third kappa shape index (κ3) is 2.32. The van der Waals surface area contributed by atoms with Crippen molar-refractivity contribution in [3.8, 4) is 11.8 Å². The van der Waals surface area contributed by atoms with E-state index in [2.05, 4.69) is 27.1 Å². The first kappa shape index (κ1) is 10.9. The molecular formula is C11H20N4. The maximum atomic E-state index is 5.61. The Morgan fingerprint density at radius 2 is 2.13 bits per heavy atom. The molecule has 3 aliphatic rings. The molecule has 3 N–H and O–H groups in total. The second-order valence-corrected chi connectivity index (χ2v) is 4.31. The molecule has 0 amide bonds. The van der Waals surface area contributed by atoms with Crippen LogP contribution >= 0.6 is 0 Å². The molecule has 2 atom stereocenters. The Morgan fingerprint density at radius 3 is 2.60 bits per heavy atom. The van der Waals surface area contributed by atoms with Gasteiger partial charge in [-0.15, -0.1) is 11.8 Å². The molecule has 2 bridgehead atoms. The van der Waals surface area contributed by atoms with E-state index in [9.17, 15) is 0 Å². The molecule has 3 rings (SSSR count). The van der Waals surface area contributed by atoms with Crippen LogP contribution < -0.4 is 11.3 Å². The van der Waals surface area contributed by atoms with Crippen molar-refractivity contribution in [2.75, 3.05) is 32.7 Å². The first-order valence-corrected chi connectivity index (χ1v) is 5.67. The van der Waals surface area contributed by atoms with Gasteiger partial charge in [0.25, 0.3) is 0 Å². The predicted octanol–water partition coefficient (Wildman–Crippen LogP) is -0.768. The normalized spacial score (nSPS) is 35.7. The highest BCUT2D eigenvalue weighted by molar-refractivity contribution is 5.03. The third-order valence-electron chi connectivity index (χ3n) is 3.50. The molecule has 0 radical (unpaired) electrons. The summed E-state index contributed by atoms with van der Waals surface area (Å²) in [6.45, 7) is 7.82. The van der Waals surface area contributed by atoms with Gasteiger partial charge in [-0.2, -0.15) is 0 Å². The second kappa shape index (κ2) is 4.95. The monoisotopic (exact) mass is 208 g/mol. The molecule has 0 aromatic carbocycles. The fourth-order valence-corrected chi connectivity index (χ4v) is 2.56. The Kier molecular flexibility index (Phi) is 3.60. The van der Waals surface area contributed by atoms with Crippen LogP contribution in [0, 0.1) is 11.8 Å². The zero-order chi connectivity index (χ0) is 10.7. The van der Waals surface area contributed by atoms with E-state index in [0.29, 0.717) is 12.1 Å². The maximum Gasteiger partial charge on any atom is 0.0487 e. The lowest BCUT2D eigenvalue weighted by Crippen LogP contribution is -2.66. The van der Waals surface area contributed by atoms with Gasteiger partial charge in [0.05, 0.1) is 0 Å². The van der Waals surface area contributed by atoms with Crippen molar-refractivity contribution in [3.63, 3.8) is 0 Å². The van der Waals surface area contributed by atoms with E-state index >= 15 is 0 Å². The molecule has 3 heterocycles. The van der Waals surface area contributed by atoms with E-state index in [1.54, 1.807) is 0 Å². The first-order valence-electron chi connectivity index (χ1n) is 5.67. The van der Waals surface area contributed by atoms with Crippen LogP contribution in [-0.2, 0) is 0 Å². The number of piperazine rings is 3. The van der Waals surface area contributed by atoms with E-state index in [1.165, 1.54) is 26.2 Å². The SMILES string of the molecule is CC#CCC(NN)C1CN2CCN1CC2. The molecule has 3 aliphatic heterocycles. The molecule has 0 aliphatic carbocycles. The summed E-state index contributed by atoms with van der Waals surface area (Å²) in [5.41, 5.74) is 2.92. The summed E-state index contributed by atoms with van der Waals surface area (Å²) in [4.78, 5) is 5.07. The zero-order valence-electron chi connectivity index (χ0n) is 9.37. The molecule has 0 saturated carbocycles. The van der Waals surface area contributed by atoms with E-state index in [4.69, 9.17) is 5.84 Å². The van der Waals surface area contributed by atoms with Crippen molar-refractivity contribution < 1.29 is 0 Å². The molecular weight excluding hydrogens is 188 g/mol. The van der Waals surface area contributed by atoms with Crippen LogP contribution in [0.15, 0.2) is 0 Å². The summed E-state index contributed by atoms with van der Waals surface area (Å²) < 4.78 is 0. The van der Waals surface area contributed by atoms with Gasteiger partial charge in [-0.1, -0.05) is 0 Å². The van der Waals surface area contributed by atoms with Gasteiger partial charge in [-0.3, -0.25) is 21.1 Å². The minimum absolute atomic E-state index is 0.306. The van der Waals surface area contributed by atoms with Crippen molar-refractivity contribution in [3.05, 3.63) is 0 Å². The Labute approximate surface area is 91.8 Å². The van der Waals surface area contributed by atoms with Gasteiger partial charge in [-0.05, 0) is 6.92 Å². The summed E-state index contributed by atoms with van der Waals surface area (Å²) in [5.74, 6) is 11.7. The van der Waals surface area contributed by atoms with Gasteiger partial charge >= 0.3 is 0 Å². The fraction of sp³-hybridized carbons (Fsp3) is 0.818. The molecule has 84 valence electrons. The second-order valence-electron chi connectivity index (χ2n) is 4.31. The van der Waals surface area contributed by atoms with Crippen molar-refractivity contribution in [1.82, 2.24) is 15.2 Å². The molecule has 0 spiro atoms. The molecule has 0 aromatic rings. The topological polar surface area (TPSA) is 44.5 Å². The minimum Gasteiger partial charge on any atom is -0.299 e. The van der Waals surface area contributed by atoms with Crippen LogP contribution in [0.25, 0.3) is 0 Å². The summed E-state index contributed by atoms with van der Waals surface area (Å²) in [7, 11) is 0. The first-order chi connectivity index (χ1) is 7.35. The molecule has 4 heteroatoms. The van der Waals surface area contributed by atoms with E-state index in [-0.39, 0.29) is 0 Å². The number of hydrazine groups is 1. The number of fused-ring (bicyclic) bond motifs is 3. The van der Waals surface area contributed by atoms with Crippen molar-refractivity contribution in [2.24, 2.45) is 5.84 Å². The Morgan fingerprint density at radius 1 is 1.40 bits per heavy atom. The van der Waals surface area contributed by atoms with Gasteiger partial charge < -0.3 is 0 Å². The quantitative estimate of drug-likeness (QED) is 0.363. The van der Waals surface area contributed by atoms with Crippen LogP contribution in [0.1, 0.15) is 13.3 Å². The lowest BCUT2D eigenvalue weighted by molar-refractivity contribution is -0.00244. The van der Waals surface area contributed by atoms with Gasteiger partial charge in [-0.25, -0.2) is 0 Å². The highest BCUT2D eigenvalue weighted by atomic mass is 15.4. The van der Waals surface area contributed by atoms with Gasteiger partial charge in [0, 0.05) is 51.2 Å². The largest absolute Gasteiger partial charge is 0.299 e. The Bertz CT molecular complexity index is 259. The average molecular weight is 208 g/mol. The summed E-state index contributed by atoms with van der Waals surface area (Å²) in [6, 6.07) is 0.846. The van der Waals surface area contributed by atoms with E-state index in [1.807, 2.05) is 6.92 Å². The number of rotatable bonds is 3. The number of nitrogens with zero attached hydrogens (tertiary/aromatic N) is 2. The molecule has 15 heavy (non-hydrogen) atoms. The van der Waals surface area contributed by atoms with Crippen LogP contribution in [0.3, 0.4) is 0 Å². The van der Waals surface area contributed by atoms with Crippen LogP contribution in [-0.4, -0.2) is 54.6 Å².